The van der Waals surface area contributed by atoms with Crippen molar-refractivity contribution in [1.29, 1.82) is 0 Å². The van der Waals surface area contributed by atoms with Gasteiger partial charge < -0.3 is 9.64 Å². The van der Waals surface area contributed by atoms with Crippen molar-refractivity contribution in [3.63, 3.8) is 0 Å². The molecule has 0 unspecified atom stereocenters. The van der Waals surface area contributed by atoms with Gasteiger partial charge in [-0.3, -0.25) is 0 Å². The molecule has 0 radical (unpaired) electrons. The minimum Gasteiger partial charge on any atom is -0.357 e. The van der Waals surface area contributed by atoms with Crippen LogP contribution in [0.1, 0.15) is 51.2 Å². The normalized spacial score (nSPS) is 21.5. The Morgan fingerprint density at radius 1 is 0.852 bits per heavy atom. The summed E-state index contributed by atoms with van der Waals surface area (Å²) in [5.41, 5.74) is 2.33. The summed E-state index contributed by atoms with van der Waals surface area (Å²) in [6, 6.07) is 21.4. The van der Waals surface area contributed by atoms with Crippen molar-refractivity contribution in [3.05, 3.63) is 71.8 Å². The van der Waals surface area contributed by atoms with E-state index >= 15 is 0 Å². The Morgan fingerprint density at radius 3 is 1.93 bits per heavy atom. The monoisotopic (exact) mass is 362 g/mol. The smallest absolute Gasteiger partial charge is 0.140 e. The molecule has 1 aliphatic rings. The van der Waals surface area contributed by atoms with Crippen LogP contribution in [0.25, 0.3) is 0 Å². The van der Waals surface area contributed by atoms with Crippen molar-refractivity contribution in [2.24, 2.45) is 0 Å². The van der Waals surface area contributed by atoms with E-state index in [1.54, 1.807) is 0 Å². The molecule has 0 bridgehead atoms. The Kier molecular flexibility index (Phi) is 6.37. The van der Waals surface area contributed by atoms with E-state index in [0.29, 0.717) is 0 Å². The first kappa shape index (κ1) is 19.7. The first-order valence-corrected chi connectivity index (χ1v) is 10.1. The summed E-state index contributed by atoms with van der Waals surface area (Å²) < 4.78 is 6.30. The van der Waals surface area contributed by atoms with Crippen LogP contribution < -0.4 is 4.90 Å². The molecule has 3 rings (SSSR count). The van der Waals surface area contributed by atoms with Crippen molar-refractivity contribution in [3.8, 4) is 11.8 Å². The number of quaternary nitrogens is 1. The second kappa shape index (κ2) is 8.74. The molecule has 2 aromatic rings. The Bertz CT molecular complexity index is 731. The van der Waals surface area contributed by atoms with Crippen molar-refractivity contribution in [1.82, 2.24) is 0 Å². The summed E-state index contributed by atoms with van der Waals surface area (Å²) in [5.74, 6) is 6.92. The van der Waals surface area contributed by atoms with Gasteiger partial charge in [-0.05, 0) is 46.0 Å². The molecular weight excluding hydrogens is 330 g/mol. The van der Waals surface area contributed by atoms with E-state index in [2.05, 4.69) is 93.3 Å². The van der Waals surface area contributed by atoms with Crippen LogP contribution in [0.2, 0.25) is 0 Å². The predicted molar refractivity (Wildman–Crippen MR) is 111 cm³/mol. The summed E-state index contributed by atoms with van der Waals surface area (Å²) in [7, 11) is 0. The van der Waals surface area contributed by atoms with Crippen molar-refractivity contribution in [2.45, 2.75) is 64.3 Å². The maximum absolute atomic E-state index is 6.30. The Hall–Kier alpha value is -2.08. The number of benzene rings is 2. The van der Waals surface area contributed by atoms with Gasteiger partial charge in [-0.1, -0.05) is 66.6 Å². The van der Waals surface area contributed by atoms with Crippen LogP contribution in [-0.4, -0.2) is 17.7 Å². The maximum atomic E-state index is 6.30. The van der Waals surface area contributed by atoms with Gasteiger partial charge in [0.15, 0.2) is 0 Å². The highest BCUT2D eigenvalue weighted by Crippen LogP contribution is 2.34. The Morgan fingerprint density at radius 2 is 1.41 bits per heavy atom. The van der Waals surface area contributed by atoms with Gasteiger partial charge in [-0.15, -0.1) is 0 Å². The van der Waals surface area contributed by atoms with E-state index in [9.17, 15) is 0 Å². The lowest BCUT2D eigenvalue weighted by Gasteiger charge is -2.40. The lowest BCUT2D eigenvalue weighted by molar-refractivity contribution is -0.920. The molecule has 1 atom stereocenters. The highest BCUT2D eigenvalue weighted by Gasteiger charge is 2.35. The highest BCUT2D eigenvalue weighted by molar-refractivity contribution is 5.17. The fourth-order valence-electron chi connectivity index (χ4n) is 3.96. The van der Waals surface area contributed by atoms with Crippen LogP contribution in [0.4, 0.5) is 0 Å². The lowest BCUT2D eigenvalue weighted by atomic mass is 9.88. The van der Waals surface area contributed by atoms with Gasteiger partial charge in [0.1, 0.15) is 25.2 Å². The minimum absolute atomic E-state index is 0.0672. The fraction of sp³-hybridized carbons (Fsp3) is 0.440. The van der Waals surface area contributed by atoms with Gasteiger partial charge in [-0.25, -0.2) is 0 Å². The highest BCUT2D eigenvalue weighted by atomic mass is 16.5. The second-order valence-electron chi connectivity index (χ2n) is 8.50. The Labute approximate surface area is 164 Å². The van der Waals surface area contributed by atoms with Crippen molar-refractivity contribution >= 4 is 0 Å². The van der Waals surface area contributed by atoms with Gasteiger partial charge in [0.2, 0.25) is 0 Å². The number of rotatable bonds is 5. The fourth-order valence-corrected chi connectivity index (χ4v) is 3.96. The largest absolute Gasteiger partial charge is 0.357 e. The summed E-state index contributed by atoms with van der Waals surface area (Å²) in [6.45, 7) is 9.28. The maximum Gasteiger partial charge on any atom is 0.140 e. The third-order valence-corrected chi connectivity index (χ3v) is 5.22. The summed E-state index contributed by atoms with van der Waals surface area (Å²) >= 11 is 0. The van der Waals surface area contributed by atoms with E-state index in [1.165, 1.54) is 22.4 Å². The third kappa shape index (κ3) is 6.24. The molecule has 0 saturated carbocycles. The van der Waals surface area contributed by atoms with E-state index in [-0.39, 0.29) is 11.2 Å². The Balaban J connectivity index is 1.70. The molecular formula is C25H32NO+. The third-order valence-electron chi connectivity index (χ3n) is 5.22. The van der Waals surface area contributed by atoms with Crippen LogP contribution in [0, 0.1) is 11.8 Å². The quantitative estimate of drug-likeness (QED) is 0.794. The molecule has 2 aromatic carbocycles. The zero-order valence-electron chi connectivity index (χ0n) is 16.9. The zero-order chi connectivity index (χ0) is 19.2. The molecule has 0 aliphatic carbocycles. The molecule has 1 heterocycles. The summed E-state index contributed by atoms with van der Waals surface area (Å²) in [6.07, 6.45) is 3.32. The molecule has 2 nitrogen and oxygen atoms in total. The first-order valence-electron chi connectivity index (χ1n) is 10.1. The van der Waals surface area contributed by atoms with Gasteiger partial charge in [-0.2, -0.15) is 0 Å². The van der Waals surface area contributed by atoms with Crippen molar-refractivity contribution < 1.29 is 9.64 Å². The average molecular weight is 363 g/mol. The van der Waals surface area contributed by atoms with E-state index in [4.69, 9.17) is 4.74 Å². The van der Waals surface area contributed by atoms with Gasteiger partial charge in [0.25, 0.3) is 0 Å². The molecule has 27 heavy (non-hydrogen) atoms. The SMILES string of the molecule is CC1(C)CCC[C@](C)(C#CC[NH+](Cc2ccccc2)Cc2ccccc2)O1. The molecule has 1 saturated heterocycles. The number of ether oxygens (including phenoxy) is 1. The first-order chi connectivity index (χ1) is 12.9. The molecule has 0 spiro atoms. The van der Waals surface area contributed by atoms with Gasteiger partial charge in [0.05, 0.1) is 5.60 Å². The topological polar surface area (TPSA) is 13.7 Å². The van der Waals surface area contributed by atoms with Crippen LogP contribution in [0.3, 0.4) is 0 Å². The lowest BCUT2D eigenvalue weighted by Crippen LogP contribution is -3.09. The van der Waals surface area contributed by atoms with Gasteiger partial charge in [0, 0.05) is 11.1 Å². The number of hydrogen-bond donors (Lipinski definition) is 1. The number of hydrogen-bond acceptors (Lipinski definition) is 1. The summed E-state index contributed by atoms with van der Waals surface area (Å²) in [5, 5.41) is 0. The molecule has 0 aromatic heterocycles. The predicted octanol–water partition coefficient (Wildman–Crippen LogP) is 4.01. The van der Waals surface area contributed by atoms with Gasteiger partial charge >= 0.3 is 0 Å². The van der Waals surface area contributed by atoms with Crippen LogP contribution in [0.5, 0.6) is 0 Å². The second-order valence-corrected chi connectivity index (χ2v) is 8.50. The molecule has 1 N–H and O–H groups in total. The van der Waals surface area contributed by atoms with Crippen LogP contribution >= 0.6 is 0 Å². The van der Waals surface area contributed by atoms with Crippen molar-refractivity contribution in [2.75, 3.05) is 6.54 Å². The van der Waals surface area contributed by atoms with E-state index in [1.807, 2.05) is 0 Å². The zero-order valence-corrected chi connectivity index (χ0v) is 16.9. The van der Waals surface area contributed by atoms with E-state index in [0.717, 1.165) is 32.5 Å². The molecule has 142 valence electrons. The number of nitrogens with one attached hydrogen (secondary N) is 1. The molecule has 0 amide bonds. The molecule has 2 heteroatoms. The standard InChI is InChI=1S/C25H31NO/c1-24(2)16-10-17-25(3,27-24)18-11-19-26(20-22-12-6-4-7-13-22)21-23-14-8-5-9-15-23/h4-9,12-15H,10,16-17,19-21H2,1-3H3/p+1/t25-/m1/s1. The van der Waals surface area contributed by atoms with E-state index < -0.39 is 0 Å². The average Bonchev–Trinajstić information content (AvgIpc) is 2.62. The van der Waals surface area contributed by atoms with Crippen LogP contribution in [0.15, 0.2) is 60.7 Å². The molecule has 1 fully saturated rings. The molecule has 1 aliphatic heterocycles. The summed E-state index contributed by atoms with van der Waals surface area (Å²) in [4.78, 5) is 1.46. The van der Waals surface area contributed by atoms with Crippen LogP contribution in [-0.2, 0) is 17.8 Å². The minimum atomic E-state index is -0.313.